The van der Waals surface area contributed by atoms with E-state index in [-0.39, 0.29) is 25.5 Å². The maximum absolute atomic E-state index is 12.6. The van der Waals surface area contributed by atoms with Gasteiger partial charge in [0.25, 0.3) is 6.47 Å². The van der Waals surface area contributed by atoms with Crippen LogP contribution in [0.3, 0.4) is 0 Å². The zero-order valence-corrected chi connectivity index (χ0v) is 16.1. The lowest BCUT2D eigenvalue weighted by molar-refractivity contribution is -0.189. The van der Waals surface area contributed by atoms with Crippen molar-refractivity contribution in [3.63, 3.8) is 0 Å². The Morgan fingerprint density at radius 2 is 1.93 bits per heavy atom. The van der Waals surface area contributed by atoms with Gasteiger partial charge in [0.2, 0.25) is 5.91 Å². The SMILES string of the molecule is Cc1cc(C)n(CC(=O)N2CCC3(CC2)C[C@@H](O)[C@@H](O)CO3)c(=O)n1.O=CO. The van der Waals surface area contributed by atoms with Gasteiger partial charge in [-0.05, 0) is 32.8 Å². The Balaban J connectivity index is 0.000000878. The van der Waals surface area contributed by atoms with Crippen LogP contribution in [0.25, 0.3) is 0 Å². The normalized spacial score (nSPS) is 23.6. The number of likely N-dealkylation sites (tertiary alicyclic amines) is 1. The molecule has 10 heteroatoms. The lowest BCUT2D eigenvalue weighted by Crippen LogP contribution is -2.55. The summed E-state index contributed by atoms with van der Waals surface area (Å²) in [5.74, 6) is -0.123. The number of aromatic nitrogens is 2. The third-order valence-corrected chi connectivity index (χ3v) is 5.25. The zero-order chi connectivity index (χ0) is 20.9. The molecule has 0 unspecified atom stereocenters. The molecule has 28 heavy (non-hydrogen) atoms. The molecule has 10 nitrogen and oxygen atoms in total. The molecule has 3 heterocycles. The predicted octanol–water partition coefficient (Wildman–Crippen LogP) is -0.936. The molecule has 0 aromatic carbocycles. The molecule has 1 aromatic heterocycles. The van der Waals surface area contributed by atoms with Crippen molar-refractivity contribution in [1.82, 2.24) is 14.5 Å². The number of ether oxygens (including phenoxy) is 1. The summed E-state index contributed by atoms with van der Waals surface area (Å²) in [6, 6.07) is 1.78. The van der Waals surface area contributed by atoms with Crippen LogP contribution in [0.1, 0.15) is 30.7 Å². The molecule has 3 N–H and O–H groups in total. The van der Waals surface area contributed by atoms with Gasteiger partial charge in [-0.1, -0.05) is 0 Å². The quantitative estimate of drug-likeness (QED) is 0.543. The highest BCUT2D eigenvalue weighted by Gasteiger charge is 2.43. The van der Waals surface area contributed by atoms with E-state index < -0.39 is 23.5 Å². The second-order valence-corrected chi connectivity index (χ2v) is 7.23. The summed E-state index contributed by atoms with van der Waals surface area (Å²) in [4.78, 5) is 38.5. The topological polar surface area (TPSA) is 142 Å². The van der Waals surface area contributed by atoms with E-state index in [4.69, 9.17) is 14.6 Å². The van der Waals surface area contributed by atoms with Crippen molar-refractivity contribution in [2.75, 3.05) is 19.7 Å². The van der Waals surface area contributed by atoms with Gasteiger partial charge in [0, 0.05) is 30.9 Å². The molecule has 3 rings (SSSR count). The van der Waals surface area contributed by atoms with Crippen molar-refractivity contribution < 1.29 is 29.6 Å². The Labute approximate surface area is 162 Å². The summed E-state index contributed by atoms with van der Waals surface area (Å²) in [5, 5.41) is 26.4. The fraction of sp³-hybridized carbons (Fsp3) is 0.667. The monoisotopic (exact) mass is 397 g/mol. The van der Waals surface area contributed by atoms with Crippen molar-refractivity contribution >= 4 is 12.4 Å². The van der Waals surface area contributed by atoms with Gasteiger partial charge in [-0.15, -0.1) is 0 Å². The highest BCUT2D eigenvalue weighted by atomic mass is 16.5. The van der Waals surface area contributed by atoms with E-state index in [0.29, 0.717) is 43.7 Å². The highest BCUT2D eigenvalue weighted by Crippen LogP contribution is 2.35. The Kier molecular flexibility index (Phi) is 7.28. The largest absolute Gasteiger partial charge is 0.483 e. The number of carbonyl (C=O) groups is 2. The summed E-state index contributed by atoms with van der Waals surface area (Å²) in [6.45, 7) is 4.41. The minimum absolute atomic E-state index is 0.0207. The van der Waals surface area contributed by atoms with Crippen LogP contribution in [0.15, 0.2) is 10.9 Å². The van der Waals surface area contributed by atoms with Gasteiger partial charge in [-0.2, -0.15) is 4.98 Å². The van der Waals surface area contributed by atoms with E-state index in [1.807, 2.05) is 0 Å². The number of rotatable bonds is 2. The fourth-order valence-electron chi connectivity index (χ4n) is 3.66. The van der Waals surface area contributed by atoms with Crippen LogP contribution in [-0.2, 0) is 20.9 Å². The number of aliphatic hydroxyl groups is 2. The third kappa shape index (κ3) is 5.15. The van der Waals surface area contributed by atoms with Crippen molar-refractivity contribution in [3.8, 4) is 0 Å². The second kappa shape index (κ2) is 9.26. The number of amides is 1. The first-order chi connectivity index (χ1) is 13.2. The standard InChI is InChI=1S/C17H25N3O5.CH2O2/c1-11-7-12(2)20(16(24)18-11)9-15(23)19-5-3-17(4-6-19)8-13(21)14(22)10-25-17;2-1-3/h7,13-14,21-22H,3-6,8-10H2,1-2H3;1H,(H,2,3)/t13-,14+;/m1./s1. The number of hydrogen-bond acceptors (Lipinski definition) is 7. The van der Waals surface area contributed by atoms with Crippen LogP contribution in [-0.4, -0.2) is 79.7 Å². The Morgan fingerprint density at radius 3 is 2.46 bits per heavy atom. The first kappa shape index (κ1) is 22.0. The first-order valence-electron chi connectivity index (χ1n) is 9.12. The van der Waals surface area contributed by atoms with Gasteiger partial charge in [0.05, 0.1) is 18.3 Å². The summed E-state index contributed by atoms with van der Waals surface area (Å²) in [7, 11) is 0. The average molecular weight is 397 g/mol. The molecule has 0 saturated carbocycles. The lowest BCUT2D eigenvalue weighted by Gasteiger charge is -2.46. The predicted molar refractivity (Wildman–Crippen MR) is 97.8 cm³/mol. The zero-order valence-electron chi connectivity index (χ0n) is 16.1. The van der Waals surface area contributed by atoms with E-state index >= 15 is 0 Å². The molecular formula is C18H27N3O7. The Bertz CT molecular complexity index is 756. The molecule has 1 aromatic rings. The molecule has 0 bridgehead atoms. The summed E-state index contributed by atoms with van der Waals surface area (Å²) < 4.78 is 7.16. The van der Waals surface area contributed by atoms with Gasteiger partial charge in [0.1, 0.15) is 12.6 Å². The molecule has 2 fully saturated rings. The van der Waals surface area contributed by atoms with Gasteiger partial charge < -0.3 is 25.0 Å². The number of hydrogen-bond donors (Lipinski definition) is 3. The number of aryl methyl sites for hydroxylation is 2. The van der Waals surface area contributed by atoms with Gasteiger partial charge in [0.15, 0.2) is 0 Å². The fourth-order valence-corrected chi connectivity index (χ4v) is 3.66. The van der Waals surface area contributed by atoms with Crippen molar-refractivity contribution in [1.29, 1.82) is 0 Å². The van der Waals surface area contributed by atoms with Gasteiger partial charge >= 0.3 is 5.69 Å². The molecule has 1 amide bonds. The smallest absolute Gasteiger partial charge is 0.348 e. The van der Waals surface area contributed by atoms with Crippen molar-refractivity contribution in [3.05, 3.63) is 27.9 Å². The molecule has 2 aliphatic rings. The van der Waals surface area contributed by atoms with Crippen molar-refractivity contribution in [2.45, 2.75) is 57.5 Å². The molecule has 0 radical (unpaired) electrons. The minimum Gasteiger partial charge on any atom is -0.483 e. The molecule has 2 atom stereocenters. The first-order valence-corrected chi connectivity index (χ1v) is 9.12. The van der Waals surface area contributed by atoms with E-state index in [2.05, 4.69) is 4.98 Å². The van der Waals surface area contributed by atoms with Gasteiger partial charge in [-0.25, -0.2) is 4.79 Å². The molecule has 1 spiro atoms. The molecule has 156 valence electrons. The molecule has 2 aliphatic heterocycles. The van der Waals surface area contributed by atoms with Crippen LogP contribution in [0.2, 0.25) is 0 Å². The second-order valence-electron chi connectivity index (χ2n) is 7.23. The van der Waals surface area contributed by atoms with E-state index in [1.165, 1.54) is 4.57 Å². The van der Waals surface area contributed by atoms with Crippen LogP contribution < -0.4 is 5.69 Å². The van der Waals surface area contributed by atoms with E-state index in [0.717, 1.165) is 0 Å². The third-order valence-electron chi connectivity index (χ3n) is 5.25. The summed E-state index contributed by atoms with van der Waals surface area (Å²) >= 11 is 0. The summed E-state index contributed by atoms with van der Waals surface area (Å²) in [6.07, 6.45) is -0.00750. The maximum Gasteiger partial charge on any atom is 0.348 e. The molecule has 0 aliphatic carbocycles. The Morgan fingerprint density at radius 1 is 1.32 bits per heavy atom. The maximum atomic E-state index is 12.6. The van der Waals surface area contributed by atoms with Crippen LogP contribution in [0.5, 0.6) is 0 Å². The molecule has 2 saturated heterocycles. The number of carbonyl (C=O) groups excluding carboxylic acids is 1. The average Bonchev–Trinajstić information content (AvgIpc) is 2.63. The highest BCUT2D eigenvalue weighted by molar-refractivity contribution is 5.76. The minimum atomic E-state index is -0.839. The molecular weight excluding hydrogens is 370 g/mol. The number of carboxylic acid groups (broad SMARTS) is 1. The van der Waals surface area contributed by atoms with E-state index in [9.17, 15) is 19.8 Å². The number of nitrogens with zero attached hydrogens (tertiary/aromatic N) is 3. The summed E-state index contributed by atoms with van der Waals surface area (Å²) in [5.41, 5.74) is 0.480. The number of aliphatic hydroxyl groups excluding tert-OH is 2. The number of piperidine rings is 1. The van der Waals surface area contributed by atoms with Crippen LogP contribution in [0, 0.1) is 13.8 Å². The van der Waals surface area contributed by atoms with Crippen molar-refractivity contribution in [2.24, 2.45) is 0 Å². The Hall–Kier alpha value is -2.30. The van der Waals surface area contributed by atoms with E-state index in [1.54, 1.807) is 24.8 Å². The van der Waals surface area contributed by atoms with Gasteiger partial charge in [-0.3, -0.25) is 14.2 Å². The lowest BCUT2D eigenvalue weighted by atomic mass is 9.82. The van der Waals surface area contributed by atoms with Crippen LogP contribution in [0.4, 0.5) is 0 Å². The van der Waals surface area contributed by atoms with Crippen LogP contribution >= 0.6 is 0 Å².